The molecule has 1 N–H and O–H groups in total. The molecule has 0 aromatic rings. The van der Waals surface area contributed by atoms with Crippen molar-refractivity contribution in [3.8, 4) is 0 Å². The highest BCUT2D eigenvalue weighted by atomic mass is 16.5. The maximum atomic E-state index is 8.72. The molecule has 0 bridgehead atoms. The van der Waals surface area contributed by atoms with E-state index in [1.54, 1.807) is 0 Å². The lowest BCUT2D eigenvalue weighted by molar-refractivity contribution is -0.0352. The molecule has 0 spiro atoms. The Morgan fingerprint density at radius 1 is 1.29 bits per heavy atom. The largest absolute Gasteiger partial charge is 0.396 e. The van der Waals surface area contributed by atoms with E-state index in [9.17, 15) is 0 Å². The number of hydrogen-bond acceptors (Lipinski definition) is 2. The molecular weight excluding hydrogens is 212 g/mol. The van der Waals surface area contributed by atoms with Gasteiger partial charge < -0.3 is 9.84 Å². The van der Waals surface area contributed by atoms with Crippen LogP contribution in [0.1, 0.15) is 66.2 Å². The molecule has 0 saturated heterocycles. The summed E-state index contributed by atoms with van der Waals surface area (Å²) in [6.07, 6.45) is 8.74. The summed E-state index contributed by atoms with van der Waals surface area (Å²) in [5, 5.41) is 8.72. The first-order valence-corrected chi connectivity index (χ1v) is 6.98. The number of aliphatic hydroxyl groups excluding tert-OH is 1. The molecule has 0 rings (SSSR count). The van der Waals surface area contributed by atoms with E-state index in [0.29, 0.717) is 0 Å². The topological polar surface area (TPSA) is 29.5 Å². The predicted octanol–water partition coefficient (Wildman–Crippen LogP) is 4.08. The number of allylic oxidation sites excluding steroid dienone is 1. The summed E-state index contributed by atoms with van der Waals surface area (Å²) in [5.41, 5.74) is 1.46. The van der Waals surface area contributed by atoms with Gasteiger partial charge >= 0.3 is 0 Å². The van der Waals surface area contributed by atoms with Crippen LogP contribution in [-0.4, -0.2) is 23.9 Å². The lowest BCUT2D eigenvalue weighted by atomic mass is 9.94. The van der Waals surface area contributed by atoms with Gasteiger partial charge in [-0.2, -0.15) is 0 Å². The van der Waals surface area contributed by atoms with Crippen LogP contribution in [0.25, 0.3) is 0 Å². The van der Waals surface area contributed by atoms with Gasteiger partial charge in [-0.15, -0.1) is 0 Å². The Labute approximate surface area is 107 Å². The third-order valence-electron chi connectivity index (χ3n) is 3.39. The second-order valence-electron chi connectivity index (χ2n) is 5.01. The van der Waals surface area contributed by atoms with E-state index in [2.05, 4.69) is 33.8 Å². The lowest BCUT2D eigenvalue weighted by Crippen LogP contribution is -2.27. The molecule has 2 nitrogen and oxygen atoms in total. The van der Waals surface area contributed by atoms with Crippen molar-refractivity contribution in [3.05, 3.63) is 11.6 Å². The highest BCUT2D eigenvalue weighted by Gasteiger charge is 2.20. The van der Waals surface area contributed by atoms with E-state index in [1.165, 1.54) is 18.4 Å². The first kappa shape index (κ1) is 16.7. The lowest BCUT2D eigenvalue weighted by Gasteiger charge is -2.28. The first-order valence-electron chi connectivity index (χ1n) is 6.98. The molecule has 0 aliphatic rings. The minimum absolute atomic E-state index is 0.0669. The van der Waals surface area contributed by atoms with Crippen molar-refractivity contribution in [3.63, 3.8) is 0 Å². The van der Waals surface area contributed by atoms with Crippen molar-refractivity contribution in [2.45, 2.75) is 71.8 Å². The molecule has 0 saturated carbocycles. The number of unbranched alkanes of at least 4 members (excludes halogenated alkanes) is 1. The van der Waals surface area contributed by atoms with Crippen LogP contribution in [0.2, 0.25) is 0 Å². The van der Waals surface area contributed by atoms with Crippen LogP contribution in [-0.2, 0) is 4.74 Å². The Morgan fingerprint density at radius 2 is 2.00 bits per heavy atom. The van der Waals surface area contributed by atoms with Gasteiger partial charge in [0, 0.05) is 13.2 Å². The highest BCUT2D eigenvalue weighted by Crippen LogP contribution is 2.23. The molecular formula is C15H30O2. The summed E-state index contributed by atoms with van der Waals surface area (Å²) in [5.74, 6) is 0. The fraction of sp³-hybridized carbons (Fsp3) is 0.867. The second-order valence-corrected chi connectivity index (χ2v) is 5.01. The van der Waals surface area contributed by atoms with E-state index in [4.69, 9.17) is 9.84 Å². The molecule has 0 amide bonds. The van der Waals surface area contributed by atoms with Gasteiger partial charge in [-0.05, 0) is 52.9 Å². The molecule has 102 valence electrons. The Bertz CT molecular complexity index is 211. The summed E-state index contributed by atoms with van der Waals surface area (Å²) in [6, 6.07) is 0. The first-order chi connectivity index (χ1) is 8.08. The number of aliphatic hydroxyl groups is 1. The molecule has 1 unspecified atom stereocenters. The molecule has 0 aromatic heterocycles. The van der Waals surface area contributed by atoms with Gasteiger partial charge in [0.1, 0.15) is 0 Å². The van der Waals surface area contributed by atoms with E-state index in [-0.39, 0.29) is 12.2 Å². The molecule has 0 heterocycles. The van der Waals surface area contributed by atoms with Gasteiger partial charge in [0.25, 0.3) is 0 Å². The van der Waals surface area contributed by atoms with Crippen LogP contribution in [0.3, 0.4) is 0 Å². The van der Waals surface area contributed by atoms with E-state index >= 15 is 0 Å². The summed E-state index contributed by atoms with van der Waals surface area (Å²) in [6.45, 7) is 9.69. The molecule has 0 aromatic carbocycles. The number of rotatable bonds is 10. The molecule has 0 aliphatic heterocycles. The Kier molecular flexibility index (Phi) is 9.47. The average Bonchev–Trinajstić information content (AvgIpc) is 2.32. The predicted molar refractivity (Wildman–Crippen MR) is 74.2 cm³/mol. The van der Waals surface area contributed by atoms with Gasteiger partial charge in [-0.25, -0.2) is 0 Å². The van der Waals surface area contributed by atoms with Gasteiger partial charge in [0.2, 0.25) is 0 Å². The zero-order chi connectivity index (χ0) is 13.1. The van der Waals surface area contributed by atoms with Gasteiger partial charge in [0.05, 0.1) is 5.60 Å². The number of ether oxygens (including phenoxy) is 1. The Balaban J connectivity index is 3.75. The van der Waals surface area contributed by atoms with Crippen molar-refractivity contribution in [1.82, 2.24) is 0 Å². The zero-order valence-electron chi connectivity index (χ0n) is 12.1. The number of hydrogen-bond donors (Lipinski definition) is 1. The van der Waals surface area contributed by atoms with Crippen LogP contribution in [0, 0.1) is 0 Å². The Hall–Kier alpha value is -0.340. The van der Waals surface area contributed by atoms with Crippen LogP contribution in [0.15, 0.2) is 11.6 Å². The zero-order valence-corrected chi connectivity index (χ0v) is 12.1. The summed E-state index contributed by atoms with van der Waals surface area (Å²) >= 11 is 0. The molecule has 1 atom stereocenters. The van der Waals surface area contributed by atoms with Crippen molar-refractivity contribution in [1.29, 1.82) is 0 Å². The molecule has 0 fully saturated rings. The van der Waals surface area contributed by atoms with E-state index < -0.39 is 0 Å². The van der Waals surface area contributed by atoms with Crippen LogP contribution in [0.4, 0.5) is 0 Å². The average molecular weight is 242 g/mol. The standard InChI is InChI=1S/C15H30O2/c1-5-15(4,17-6-2)12-8-7-10-14(3)11-9-13-16/h11,16H,5-10,12-13H2,1-4H3/b14-11+. The minimum atomic E-state index is 0.0669. The maximum absolute atomic E-state index is 8.72. The summed E-state index contributed by atoms with van der Waals surface area (Å²) < 4.78 is 5.80. The monoisotopic (exact) mass is 242 g/mol. The summed E-state index contributed by atoms with van der Waals surface area (Å²) in [7, 11) is 0. The smallest absolute Gasteiger partial charge is 0.0651 e. The molecule has 17 heavy (non-hydrogen) atoms. The van der Waals surface area contributed by atoms with Crippen LogP contribution >= 0.6 is 0 Å². The SMILES string of the molecule is CCOC(C)(CC)CCCC/C(C)=C/CCO. The Morgan fingerprint density at radius 3 is 2.53 bits per heavy atom. The molecule has 0 aliphatic carbocycles. The van der Waals surface area contributed by atoms with E-state index in [1.807, 2.05) is 0 Å². The van der Waals surface area contributed by atoms with Gasteiger partial charge in [-0.3, -0.25) is 0 Å². The quantitative estimate of drug-likeness (QED) is 0.462. The molecule has 0 radical (unpaired) electrons. The van der Waals surface area contributed by atoms with Crippen molar-refractivity contribution < 1.29 is 9.84 Å². The van der Waals surface area contributed by atoms with Gasteiger partial charge in [0.15, 0.2) is 0 Å². The second kappa shape index (κ2) is 9.67. The normalized spacial score (nSPS) is 15.9. The van der Waals surface area contributed by atoms with Crippen LogP contribution < -0.4 is 0 Å². The highest BCUT2D eigenvalue weighted by molar-refractivity contribution is 4.97. The third-order valence-corrected chi connectivity index (χ3v) is 3.39. The minimum Gasteiger partial charge on any atom is -0.396 e. The van der Waals surface area contributed by atoms with Crippen LogP contribution in [0.5, 0.6) is 0 Å². The maximum Gasteiger partial charge on any atom is 0.0651 e. The van der Waals surface area contributed by atoms with Gasteiger partial charge in [-0.1, -0.05) is 25.0 Å². The van der Waals surface area contributed by atoms with Crippen molar-refractivity contribution in [2.75, 3.05) is 13.2 Å². The van der Waals surface area contributed by atoms with Crippen molar-refractivity contribution >= 4 is 0 Å². The fourth-order valence-electron chi connectivity index (χ4n) is 2.02. The fourth-order valence-corrected chi connectivity index (χ4v) is 2.02. The van der Waals surface area contributed by atoms with Crippen molar-refractivity contribution in [2.24, 2.45) is 0 Å². The van der Waals surface area contributed by atoms with E-state index in [0.717, 1.165) is 32.3 Å². The summed E-state index contributed by atoms with van der Waals surface area (Å²) in [4.78, 5) is 0. The molecule has 2 heteroatoms. The third kappa shape index (κ3) is 8.39.